The summed E-state index contributed by atoms with van der Waals surface area (Å²) >= 11 is 5.96. The molecule has 3 aromatic rings. The molecule has 25 heavy (non-hydrogen) atoms. The van der Waals surface area contributed by atoms with Crippen molar-refractivity contribution in [3.05, 3.63) is 59.5 Å². The van der Waals surface area contributed by atoms with Gasteiger partial charge in [0.15, 0.2) is 0 Å². The van der Waals surface area contributed by atoms with E-state index in [0.29, 0.717) is 22.3 Å². The molecule has 0 aromatic carbocycles. The molecule has 0 spiro atoms. The first-order chi connectivity index (χ1) is 12.2. The summed E-state index contributed by atoms with van der Waals surface area (Å²) in [4.78, 5) is 16.8. The highest BCUT2D eigenvalue weighted by molar-refractivity contribution is 6.29. The number of aliphatic imine (C=N–C) groups is 1. The molecule has 0 aliphatic heterocycles. The molecule has 6 nitrogen and oxygen atoms in total. The van der Waals surface area contributed by atoms with E-state index in [0.717, 1.165) is 11.1 Å². The third kappa shape index (κ3) is 4.16. The van der Waals surface area contributed by atoms with Gasteiger partial charge in [0, 0.05) is 31.7 Å². The minimum Gasteiger partial charge on any atom is -0.471 e. The van der Waals surface area contributed by atoms with Gasteiger partial charge in [0.25, 0.3) is 0 Å². The van der Waals surface area contributed by atoms with Crippen LogP contribution in [0.1, 0.15) is 11.5 Å². The molecule has 3 rings (SSSR count). The lowest BCUT2D eigenvalue weighted by Crippen LogP contribution is -2.21. The second-order valence-corrected chi connectivity index (χ2v) is 5.69. The number of fused-ring (bicyclic) bond motifs is 1. The monoisotopic (exact) mass is 353 g/mol. The van der Waals surface area contributed by atoms with Gasteiger partial charge >= 0.3 is 0 Å². The molecule has 0 bridgehead atoms. The summed E-state index contributed by atoms with van der Waals surface area (Å²) in [7, 11) is 1.67. The second kappa shape index (κ2) is 7.81. The van der Waals surface area contributed by atoms with Crippen LogP contribution >= 0.6 is 11.6 Å². The molecular formula is C18H16ClN5O. The first-order valence-electron chi connectivity index (χ1n) is 7.63. The Hall–Kier alpha value is -2.86. The summed E-state index contributed by atoms with van der Waals surface area (Å²) in [5.41, 5.74) is 2.58. The fourth-order valence-corrected chi connectivity index (χ4v) is 2.52. The number of hydrogen-bond donors (Lipinski definition) is 1. The molecule has 0 saturated carbocycles. The van der Waals surface area contributed by atoms with Gasteiger partial charge < -0.3 is 10.1 Å². The van der Waals surface area contributed by atoms with Gasteiger partial charge in [0.1, 0.15) is 11.8 Å². The molecule has 0 aliphatic rings. The zero-order chi connectivity index (χ0) is 17.6. The fourth-order valence-electron chi connectivity index (χ4n) is 2.37. The van der Waals surface area contributed by atoms with Gasteiger partial charge in [-0.15, -0.1) is 0 Å². The summed E-state index contributed by atoms with van der Waals surface area (Å²) < 4.78 is 5.57. The SMILES string of the molecule is CN=CC(C(=N)COc1ccccn1)c1cnc2ccc(Cl)nc2c1. The van der Waals surface area contributed by atoms with E-state index < -0.39 is 0 Å². The van der Waals surface area contributed by atoms with Crippen molar-refractivity contribution in [3.63, 3.8) is 0 Å². The van der Waals surface area contributed by atoms with Crippen LogP contribution in [0.3, 0.4) is 0 Å². The first-order valence-corrected chi connectivity index (χ1v) is 8.01. The average Bonchev–Trinajstić information content (AvgIpc) is 2.64. The molecule has 0 fully saturated rings. The Balaban J connectivity index is 1.83. The third-order valence-electron chi connectivity index (χ3n) is 3.57. The fraction of sp³-hybridized carbons (Fsp3) is 0.167. The lowest BCUT2D eigenvalue weighted by molar-refractivity contribution is 0.358. The van der Waals surface area contributed by atoms with Gasteiger partial charge in [-0.2, -0.15) is 0 Å². The van der Waals surface area contributed by atoms with E-state index in [-0.39, 0.29) is 12.5 Å². The van der Waals surface area contributed by atoms with E-state index in [1.807, 2.05) is 24.3 Å². The Morgan fingerprint density at radius 2 is 2.16 bits per heavy atom. The quantitative estimate of drug-likeness (QED) is 0.542. The molecular weight excluding hydrogens is 338 g/mol. The van der Waals surface area contributed by atoms with E-state index >= 15 is 0 Å². The maximum absolute atomic E-state index is 8.37. The zero-order valence-electron chi connectivity index (χ0n) is 13.6. The summed E-state index contributed by atoms with van der Waals surface area (Å²) in [6.45, 7) is 0.106. The Morgan fingerprint density at radius 3 is 2.92 bits per heavy atom. The number of hydrogen-bond acceptors (Lipinski definition) is 6. The van der Waals surface area contributed by atoms with Crippen LogP contribution in [0.4, 0.5) is 0 Å². The maximum atomic E-state index is 8.37. The van der Waals surface area contributed by atoms with Crippen molar-refractivity contribution in [2.24, 2.45) is 4.99 Å². The van der Waals surface area contributed by atoms with Crippen LogP contribution < -0.4 is 4.74 Å². The third-order valence-corrected chi connectivity index (χ3v) is 3.78. The molecule has 3 aromatic heterocycles. The van der Waals surface area contributed by atoms with E-state index in [1.54, 1.807) is 37.8 Å². The zero-order valence-corrected chi connectivity index (χ0v) is 14.3. The van der Waals surface area contributed by atoms with Gasteiger partial charge in [-0.05, 0) is 29.8 Å². The number of halogens is 1. The summed E-state index contributed by atoms with van der Waals surface area (Å²) in [6, 6.07) is 10.8. The molecule has 0 saturated heterocycles. The maximum Gasteiger partial charge on any atom is 0.213 e. The Morgan fingerprint density at radius 1 is 1.28 bits per heavy atom. The molecule has 0 radical (unpaired) electrons. The predicted molar refractivity (Wildman–Crippen MR) is 99.2 cm³/mol. The van der Waals surface area contributed by atoms with Gasteiger partial charge in [-0.3, -0.25) is 9.98 Å². The summed E-state index contributed by atoms with van der Waals surface area (Å²) in [5, 5.41) is 8.77. The van der Waals surface area contributed by atoms with Crippen molar-refractivity contribution in [2.75, 3.05) is 13.7 Å². The number of ether oxygens (including phenoxy) is 1. The lowest BCUT2D eigenvalue weighted by Gasteiger charge is -2.15. The van der Waals surface area contributed by atoms with Gasteiger partial charge in [0.05, 0.1) is 22.7 Å². The van der Waals surface area contributed by atoms with Crippen LogP contribution in [0.2, 0.25) is 5.15 Å². The lowest BCUT2D eigenvalue weighted by atomic mass is 9.96. The normalized spacial score (nSPS) is 12.4. The van der Waals surface area contributed by atoms with E-state index in [9.17, 15) is 0 Å². The predicted octanol–water partition coefficient (Wildman–Crippen LogP) is 3.56. The highest BCUT2D eigenvalue weighted by atomic mass is 35.5. The van der Waals surface area contributed by atoms with Gasteiger partial charge in [-0.25, -0.2) is 9.97 Å². The molecule has 7 heteroatoms. The highest BCUT2D eigenvalue weighted by Crippen LogP contribution is 2.21. The van der Waals surface area contributed by atoms with Crippen LogP contribution in [0, 0.1) is 5.41 Å². The Kier molecular flexibility index (Phi) is 5.30. The van der Waals surface area contributed by atoms with Crippen molar-refractivity contribution in [2.45, 2.75) is 5.92 Å². The van der Waals surface area contributed by atoms with E-state index in [1.165, 1.54) is 0 Å². The molecule has 0 amide bonds. The number of aromatic nitrogens is 3. The van der Waals surface area contributed by atoms with Crippen molar-refractivity contribution in [1.29, 1.82) is 5.41 Å². The van der Waals surface area contributed by atoms with E-state index in [4.69, 9.17) is 21.7 Å². The molecule has 126 valence electrons. The number of nitrogens with one attached hydrogen (secondary N) is 1. The van der Waals surface area contributed by atoms with Crippen molar-refractivity contribution < 1.29 is 4.74 Å². The summed E-state index contributed by atoms with van der Waals surface area (Å²) in [6.07, 6.45) is 5.06. The largest absolute Gasteiger partial charge is 0.471 e. The topological polar surface area (TPSA) is 84.1 Å². The van der Waals surface area contributed by atoms with Crippen molar-refractivity contribution in [3.8, 4) is 5.88 Å². The minimum absolute atomic E-state index is 0.106. The molecule has 1 N–H and O–H groups in total. The minimum atomic E-state index is -0.355. The smallest absolute Gasteiger partial charge is 0.213 e. The number of rotatable bonds is 6. The molecule has 3 heterocycles. The van der Waals surface area contributed by atoms with E-state index in [2.05, 4.69) is 19.9 Å². The average molecular weight is 354 g/mol. The van der Waals surface area contributed by atoms with Crippen LogP contribution in [0.5, 0.6) is 5.88 Å². The van der Waals surface area contributed by atoms with Crippen LogP contribution in [-0.4, -0.2) is 40.5 Å². The van der Waals surface area contributed by atoms with Gasteiger partial charge in [0.2, 0.25) is 5.88 Å². The molecule has 1 atom stereocenters. The van der Waals surface area contributed by atoms with Crippen molar-refractivity contribution >= 4 is 34.6 Å². The van der Waals surface area contributed by atoms with Crippen LogP contribution in [0.25, 0.3) is 11.0 Å². The molecule has 0 aliphatic carbocycles. The molecule has 1 unspecified atom stereocenters. The second-order valence-electron chi connectivity index (χ2n) is 5.31. The number of pyridine rings is 3. The van der Waals surface area contributed by atoms with Crippen LogP contribution in [-0.2, 0) is 0 Å². The van der Waals surface area contributed by atoms with Crippen molar-refractivity contribution in [1.82, 2.24) is 15.0 Å². The Bertz CT molecular complexity index is 914. The standard InChI is InChI=1S/C18H16ClN5O/c1-21-10-13(14(20)11-25-18-4-2-3-7-22-18)12-8-16-15(23-9-12)5-6-17(19)24-16/h2-10,13,20H,11H2,1H3. The highest BCUT2D eigenvalue weighted by Gasteiger charge is 2.17. The summed E-state index contributed by atoms with van der Waals surface area (Å²) in [5.74, 6) is 0.121. The van der Waals surface area contributed by atoms with Crippen LogP contribution in [0.15, 0.2) is 53.8 Å². The van der Waals surface area contributed by atoms with Gasteiger partial charge in [-0.1, -0.05) is 17.7 Å². The Labute approximate surface area is 150 Å². The number of nitrogens with zero attached hydrogens (tertiary/aromatic N) is 4. The first kappa shape index (κ1) is 17.0.